The van der Waals surface area contributed by atoms with Crippen LogP contribution in [0.1, 0.15) is 47.2 Å². The lowest BCUT2D eigenvalue weighted by Gasteiger charge is -2.29. The van der Waals surface area contributed by atoms with Crippen molar-refractivity contribution < 1.29 is 23.9 Å². The fraction of sp³-hybridized carbons (Fsp3) is 0.360. The highest BCUT2D eigenvalue weighted by molar-refractivity contribution is 6.31. The van der Waals surface area contributed by atoms with E-state index >= 15 is 0 Å². The van der Waals surface area contributed by atoms with Gasteiger partial charge in [-0.1, -0.05) is 23.7 Å². The Labute approximate surface area is 208 Å². The van der Waals surface area contributed by atoms with Crippen LogP contribution >= 0.6 is 11.6 Å². The van der Waals surface area contributed by atoms with Crippen LogP contribution in [0.4, 0.5) is 10.5 Å². The summed E-state index contributed by atoms with van der Waals surface area (Å²) in [6, 6.07) is 9.65. The summed E-state index contributed by atoms with van der Waals surface area (Å²) in [6.45, 7) is 3.05. The molecule has 184 valence electrons. The second-order valence-electron chi connectivity index (χ2n) is 8.58. The highest BCUT2D eigenvalue weighted by Gasteiger charge is 2.40. The van der Waals surface area contributed by atoms with Crippen LogP contribution in [0.15, 0.2) is 36.4 Å². The molecule has 1 fully saturated rings. The minimum Gasteiger partial charge on any atom is -0.493 e. The molecular weight excluding hydrogens is 472 g/mol. The van der Waals surface area contributed by atoms with E-state index in [-0.39, 0.29) is 30.8 Å². The second kappa shape index (κ2) is 10.8. The molecule has 4 rings (SSSR count). The smallest absolute Gasteiger partial charge is 0.319 e. The third-order valence-corrected chi connectivity index (χ3v) is 6.49. The van der Waals surface area contributed by atoms with Crippen molar-refractivity contribution in [2.24, 2.45) is 0 Å². The fourth-order valence-electron chi connectivity index (χ4n) is 4.15. The number of nitrogens with one attached hydrogen (secondary N) is 3. The number of hydrogen-bond acceptors (Lipinski definition) is 5. The zero-order chi connectivity index (χ0) is 24.9. The van der Waals surface area contributed by atoms with E-state index in [0.717, 1.165) is 11.1 Å². The number of nitrogens with zero attached hydrogens (tertiary/aromatic N) is 1. The van der Waals surface area contributed by atoms with Gasteiger partial charge in [-0.2, -0.15) is 0 Å². The zero-order valence-corrected chi connectivity index (χ0v) is 20.1. The molecule has 0 saturated carbocycles. The van der Waals surface area contributed by atoms with E-state index in [9.17, 15) is 19.2 Å². The van der Waals surface area contributed by atoms with E-state index in [1.807, 2.05) is 13.0 Å². The molecule has 1 atom stereocenters. The average Bonchev–Trinajstić information content (AvgIpc) is 3.15. The molecule has 1 unspecified atom stereocenters. The van der Waals surface area contributed by atoms with Crippen LogP contribution in [0.25, 0.3) is 0 Å². The predicted molar refractivity (Wildman–Crippen MR) is 130 cm³/mol. The van der Waals surface area contributed by atoms with E-state index in [0.29, 0.717) is 54.4 Å². The molecule has 2 heterocycles. The number of carbonyl (C=O) groups is 4. The van der Waals surface area contributed by atoms with Gasteiger partial charge in [0, 0.05) is 34.8 Å². The van der Waals surface area contributed by atoms with Crippen molar-refractivity contribution in [1.29, 1.82) is 0 Å². The van der Waals surface area contributed by atoms with Crippen molar-refractivity contribution in [2.45, 2.75) is 45.2 Å². The van der Waals surface area contributed by atoms with Gasteiger partial charge in [-0.15, -0.1) is 0 Å². The first-order valence-corrected chi connectivity index (χ1v) is 11.9. The molecule has 0 aliphatic carbocycles. The lowest BCUT2D eigenvalue weighted by molar-refractivity contribution is -0.136. The van der Waals surface area contributed by atoms with Gasteiger partial charge in [0.15, 0.2) is 0 Å². The van der Waals surface area contributed by atoms with E-state index in [4.69, 9.17) is 16.3 Å². The SMILES string of the molecule is Cc1ccc(NC(=O)NCCCCOc2cccc3c2CN(C2CCC(=O)NC2=O)C3=O)cc1Cl. The van der Waals surface area contributed by atoms with Crippen molar-refractivity contribution in [3.8, 4) is 5.75 Å². The summed E-state index contributed by atoms with van der Waals surface area (Å²) in [5, 5.41) is 8.44. The number of amides is 5. The Morgan fingerprint density at radius 2 is 2.03 bits per heavy atom. The number of hydrogen-bond donors (Lipinski definition) is 3. The minimum atomic E-state index is -0.659. The van der Waals surface area contributed by atoms with Crippen LogP contribution in [-0.4, -0.2) is 47.8 Å². The average molecular weight is 499 g/mol. The van der Waals surface area contributed by atoms with Crippen molar-refractivity contribution >= 4 is 41.0 Å². The van der Waals surface area contributed by atoms with Gasteiger partial charge in [0.05, 0.1) is 13.2 Å². The first-order valence-electron chi connectivity index (χ1n) is 11.5. The summed E-state index contributed by atoms with van der Waals surface area (Å²) in [5.41, 5.74) is 2.83. The Kier molecular flexibility index (Phi) is 7.55. The summed E-state index contributed by atoms with van der Waals surface area (Å²) in [4.78, 5) is 50.1. The number of anilines is 1. The van der Waals surface area contributed by atoms with Crippen LogP contribution in [-0.2, 0) is 16.1 Å². The molecule has 5 amide bonds. The number of unbranched alkanes of at least 4 members (excludes halogenated alkanes) is 1. The van der Waals surface area contributed by atoms with Crippen molar-refractivity contribution in [3.05, 3.63) is 58.1 Å². The second-order valence-corrected chi connectivity index (χ2v) is 8.99. The standard InChI is InChI=1S/C25H27ClN4O5/c1-15-7-8-16(13-19(15)26)28-25(34)27-11-2-3-12-35-21-6-4-5-17-18(21)14-30(24(17)33)20-9-10-22(31)29-23(20)32/h4-8,13,20H,2-3,9-12,14H2,1H3,(H2,27,28,34)(H,29,31,32). The lowest BCUT2D eigenvalue weighted by Crippen LogP contribution is -2.52. The van der Waals surface area contributed by atoms with Gasteiger partial charge in [0.1, 0.15) is 11.8 Å². The molecule has 0 spiro atoms. The van der Waals surface area contributed by atoms with E-state index in [1.165, 1.54) is 4.90 Å². The van der Waals surface area contributed by atoms with Gasteiger partial charge >= 0.3 is 6.03 Å². The van der Waals surface area contributed by atoms with Gasteiger partial charge in [-0.05, 0) is 56.0 Å². The van der Waals surface area contributed by atoms with E-state index in [2.05, 4.69) is 16.0 Å². The first-order chi connectivity index (χ1) is 16.8. The topological polar surface area (TPSA) is 117 Å². The van der Waals surface area contributed by atoms with Crippen LogP contribution in [0, 0.1) is 6.92 Å². The maximum atomic E-state index is 12.9. The molecule has 0 bridgehead atoms. The number of piperidine rings is 1. The minimum absolute atomic E-state index is 0.213. The van der Waals surface area contributed by atoms with E-state index in [1.54, 1.807) is 30.3 Å². The lowest BCUT2D eigenvalue weighted by atomic mass is 10.0. The van der Waals surface area contributed by atoms with Gasteiger partial charge in [-0.3, -0.25) is 19.7 Å². The number of imide groups is 1. The highest BCUT2D eigenvalue weighted by Crippen LogP contribution is 2.33. The molecule has 0 radical (unpaired) electrons. The fourth-order valence-corrected chi connectivity index (χ4v) is 4.33. The molecule has 9 nitrogen and oxygen atoms in total. The first kappa shape index (κ1) is 24.5. The Morgan fingerprint density at radius 3 is 2.80 bits per heavy atom. The number of ether oxygens (including phenoxy) is 1. The quantitative estimate of drug-likeness (QED) is 0.381. The highest BCUT2D eigenvalue weighted by atomic mass is 35.5. The number of halogens is 1. The summed E-state index contributed by atoms with van der Waals surface area (Å²) in [6.07, 6.45) is 1.94. The van der Waals surface area contributed by atoms with Crippen LogP contribution in [0.2, 0.25) is 5.02 Å². The normalized spacial score (nSPS) is 17.1. The molecule has 2 aliphatic rings. The molecule has 2 aromatic carbocycles. The molecule has 1 saturated heterocycles. The van der Waals surface area contributed by atoms with Crippen LogP contribution < -0.4 is 20.7 Å². The maximum Gasteiger partial charge on any atom is 0.319 e. The summed E-state index contributed by atoms with van der Waals surface area (Å²) >= 11 is 6.07. The van der Waals surface area contributed by atoms with Crippen LogP contribution in [0.3, 0.4) is 0 Å². The monoisotopic (exact) mass is 498 g/mol. The van der Waals surface area contributed by atoms with Gasteiger partial charge in [0.2, 0.25) is 11.8 Å². The Morgan fingerprint density at radius 1 is 1.20 bits per heavy atom. The van der Waals surface area contributed by atoms with Crippen molar-refractivity contribution in [3.63, 3.8) is 0 Å². The Hall–Kier alpha value is -3.59. The van der Waals surface area contributed by atoms with Gasteiger partial charge < -0.3 is 20.3 Å². The number of aryl methyl sites for hydroxylation is 1. The van der Waals surface area contributed by atoms with Crippen molar-refractivity contribution in [1.82, 2.24) is 15.5 Å². The Bertz CT molecular complexity index is 1170. The third kappa shape index (κ3) is 5.74. The van der Waals surface area contributed by atoms with Gasteiger partial charge in [-0.25, -0.2) is 4.79 Å². The third-order valence-electron chi connectivity index (χ3n) is 6.08. The number of rotatable bonds is 8. The number of benzene rings is 2. The molecule has 35 heavy (non-hydrogen) atoms. The zero-order valence-electron chi connectivity index (χ0n) is 19.4. The molecule has 2 aliphatic heterocycles. The van der Waals surface area contributed by atoms with Crippen molar-refractivity contribution in [2.75, 3.05) is 18.5 Å². The summed E-state index contributed by atoms with van der Waals surface area (Å²) in [7, 11) is 0. The van der Waals surface area contributed by atoms with Gasteiger partial charge in [0.25, 0.3) is 5.91 Å². The predicted octanol–water partition coefficient (Wildman–Crippen LogP) is 3.39. The molecule has 0 aromatic heterocycles. The summed E-state index contributed by atoms with van der Waals surface area (Å²) in [5.74, 6) is -0.379. The molecular formula is C25H27ClN4O5. The number of carbonyl (C=O) groups excluding carboxylic acids is 4. The molecule has 10 heteroatoms. The summed E-state index contributed by atoms with van der Waals surface area (Å²) < 4.78 is 5.93. The largest absolute Gasteiger partial charge is 0.493 e. The van der Waals surface area contributed by atoms with E-state index < -0.39 is 11.9 Å². The van der Waals surface area contributed by atoms with Crippen LogP contribution in [0.5, 0.6) is 5.75 Å². The number of fused-ring (bicyclic) bond motifs is 1. The molecule has 2 aromatic rings. The maximum absolute atomic E-state index is 12.9. The number of urea groups is 1. The Balaban J connectivity index is 1.22. The molecule has 3 N–H and O–H groups in total.